The zero-order chi connectivity index (χ0) is 23.0. The predicted molar refractivity (Wildman–Crippen MR) is 114 cm³/mol. The van der Waals surface area contributed by atoms with Crippen LogP contribution in [0.4, 0.5) is 14.6 Å². The van der Waals surface area contributed by atoms with E-state index >= 15 is 0 Å². The number of hydrogen-bond acceptors (Lipinski definition) is 6. The number of ether oxygens (including phenoxy) is 2. The molecule has 0 radical (unpaired) electrons. The van der Waals surface area contributed by atoms with Gasteiger partial charge < -0.3 is 19.3 Å². The summed E-state index contributed by atoms with van der Waals surface area (Å²) in [5.41, 5.74) is 0.0311. The Labute approximate surface area is 190 Å². The maximum atomic E-state index is 13.8. The van der Waals surface area contributed by atoms with Crippen molar-refractivity contribution in [3.05, 3.63) is 59.3 Å². The molecule has 1 amide bonds. The highest BCUT2D eigenvalue weighted by molar-refractivity contribution is 5.78. The zero-order valence-corrected chi connectivity index (χ0v) is 18.0. The van der Waals surface area contributed by atoms with E-state index in [4.69, 9.17) is 14.7 Å². The summed E-state index contributed by atoms with van der Waals surface area (Å²) < 4.78 is 38.8. The van der Waals surface area contributed by atoms with Crippen molar-refractivity contribution in [2.24, 2.45) is 0 Å². The number of nitrogens with zero attached hydrogens (tertiary/aromatic N) is 4. The number of carbonyl (C=O) groups is 1. The van der Waals surface area contributed by atoms with Crippen molar-refractivity contribution < 1.29 is 23.0 Å². The smallest absolute Gasteiger partial charge is 0.248 e. The van der Waals surface area contributed by atoms with E-state index < -0.39 is 17.2 Å². The van der Waals surface area contributed by atoms with E-state index in [9.17, 15) is 13.6 Å². The third-order valence-electron chi connectivity index (χ3n) is 6.88. The van der Waals surface area contributed by atoms with Gasteiger partial charge in [-0.3, -0.25) is 4.79 Å². The van der Waals surface area contributed by atoms with Crippen LogP contribution < -0.4 is 4.90 Å². The second-order valence-electron chi connectivity index (χ2n) is 8.82. The topological polar surface area (TPSA) is 78.7 Å². The maximum Gasteiger partial charge on any atom is 0.248 e. The predicted octanol–water partition coefficient (Wildman–Crippen LogP) is 2.74. The molecule has 4 heterocycles. The Balaban J connectivity index is 1.25. The molecule has 1 aromatic carbocycles. The Morgan fingerprint density at radius 3 is 2.61 bits per heavy atom. The number of aromatic nitrogens is 1. The van der Waals surface area contributed by atoms with Crippen LogP contribution in [0, 0.1) is 23.0 Å². The zero-order valence-electron chi connectivity index (χ0n) is 18.0. The van der Waals surface area contributed by atoms with Crippen molar-refractivity contribution in [3.8, 4) is 6.07 Å². The highest BCUT2D eigenvalue weighted by Crippen LogP contribution is 2.36. The Hall–Kier alpha value is -3.09. The fraction of sp³-hybridized carbons (Fsp3) is 0.458. The van der Waals surface area contributed by atoms with E-state index in [0.717, 1.165) is 30.8 Å². The Morgan fingerprint density at radius 2 is 2.00 bits per heavy atom. The fourth-order valence-electron chi connectivity index (χ4n) is 5.13. The van der Waals surface area contributed by atoms with Gasteiger partial charge in [0, 0.05) is 44.4 Å². The Kier molecular flexibility index (Phi) is 5.72. The minimum atomic E-state index is -0.961. The van der Waals surface area contributed by atoms with Gasteiger partial charge in [0.1, 0.15) is 24.1 Å². The summed E-state index contributed by atoms with van der Waals surface area (Å²) in [7, 11) is 0. The number of hydrogen-bond donors (Lipinski definition) is 0. The Bertz CT molecular complexity index is 1070. The molecular formula is C24H24F2N4O3. The lowest BCUT2D eigenvalue weighted by Gasteiger charge is -2.42. The molecule has 0 N–H and O–H groups in total. The van der Waals surface area contributed by atoms with Crippen LogP contribution >= 0.6 is 0 Å². The number of carbonyl (C=O) groups excluding carboxylic acids is 1. The van der Waals surface area contributed by atoms with Crippen molar-refractivity contribution >= 4 is 11.7 Å². The second kappa shape index (κ2) is 8.69. The first-order chi connectivity index (χ1) is 16.0. The van der Waals surface area contributed by atoms with Gasteiger partial charge in [0.25, 0.3) is 0 Å². The minimum Gasteiger partial charge on any atom is -0.378 e. The number of amides is 1. The first-order valence-electron chi connectivity index (χ1n) is 11.1. The third-order valence-corrected chi connectivity index (χ3v) is 6.88. The van der Waals surface area contributed by atoms with Gasteiger partial charge in [-0.2, -0.15) is 5.26 Å². The number of piperazine rings is 1. The molecule has 5 rings (SSSR count). The van der Waals surface area contributed by atoms with Crippen LogP contribution in [-0.2, 0) is 19.9 Å². The summed E-state index contributed by atoms with van der Waals surface area (Å²) in [4.78, 5) is 21.5. The molecule has 3 aliphatic rings. The van der Waals surface area contributed by atoms with Crippen LogP contribution in [0.2, 0.25) is 0 Å². The van der Waals surface area contributed by atoms with Crippen LogP contribution in [0.1, 0.15) is 30.4 Å². The van der Waals surface area contributed by atoms with Gasteiger partial charge in [-0.15, -0.1) is 0 Å². The molecule has 3 saturated heterocycles. The van der Waals surface area contributed by atoms with E-state index in [1.165, 1.54) is 6.07 Å². The molecule has 172 valence electrons. The molecule has 3 unspecified atom stereocenters. The molecule has 0 spiro atoms. The number of fused-ring (bicyclic) bond motifs is 2. The van der Waals surface area contributed by atoms with E-state index in [1.54, 1.807) is 12.3 Å². The summed E-state index contributed by atoms with van der Waals surface area (Å²) in [6.07, 6.45) is 3.96. The molecule has 1 aromatic heterocycles. The summed E-state index contributed by atoms with van der Waals surface area (Å²) >= 11 is 0. The van der Waals surface area contributed by atoms with Gasteiger partial charge in [0.15, 0.2) is 11.6 Å². The average molecular weight is 454 g/mol. The van der Waals surface area contributed by atoms with Gasteiger partial charge in [0.2, 0.25) is 5.91 Å². The number of rotatable bonds is 5. The van der Waals surface area contributed by atoms with Crippen LogP contribution in [0.3, 0.4) is 0 Å². The quantitative estimate of drug-likeness (QED) is 0.692. The molecule has 0 saturated carbocycles. The molecule has 3 aliphatic heterocycles. The fourth-order valence-corrected chi connectivity index (χ4v) is 5.13. The van der Waals surface area contributed by atoms with Crippen LogP contribution in [0.15, 0.2) is 36.5 Å². The number of pyridine rings is 1. The third kappa shape index (κ3) is 4.05. The lowest BCUT2D eigenvalue weighted by atomic mass is 9.92. The summed E-state index contributed by atoms with van der Waals surface area (Å²) in [6.45, 7) is 1.59. The normalized spacial score (nSPS) is 26.5. The van der Waals surface area contributed by atoms with Crippen molar-refractivity contribution in [2.75, 3.05) is 37.8 Å². The molecule has 33 heavy (non-hydrogen) atoms. The monoisotopic (exact) mass is 454 g/mol. The van der Waals surface area contributed by atoms with Crippen LogP contribution in [0.5, 0.6) is 0 Å². The number of anilines is 1. The van der Waals surface area contributed by atoms with Crippen LogP contribution in [-0.4, -0.2) is 60.8 Å². The van der Waals surface area contributed by atoms with Gasteiger partial charge >= 0.3 is 0 Å². The SMILES string of the molecule is N#Cc1ccc(N2C3CCC2CN(C(=O)COC2(c4ccc(F)c(F)c4)CCOC2)C3)nc1. The van der Waals surface area contributed by atoms with Crippen molar-refractivity contribution in [1.82, 2.24) is 9.88 Å². The van der Waals surface area contributed by atoms with E-state index in [2.05, 4.69) is 16.0 Å². The maximum absolute atomic E-state index is 13.8. The van der Waals surface area contributed by atoms with Crippen molar-refractivity contribution in [1.29, 1.82) is 5.26 Å². The first-order valence-corrected chi connectivity index (χ1v) is 11.1. The summed E-state index contributed by atoms with van der Waals surface area (Å²) in [5, 5.41) is 8.99. The summed E-state index contributed by atoms with van der Waals surface area (Å²) in [5.74, 6) is -1.18. The standard InChI is InChI=1S/C24H24F2N4O3/c25-20-5-2-17(9-21(20)26)24(7-8-32-15-24)33-14-23(31)29-12-18-3-4-19(13-29)30(18)22-6-1-16(10-27)11-28-22/h1-2,5-6,9,11,18-19H,3-4,7-8,12-15H2. The molecule has 9 heteroatoms. The van der Waals surface area contributed by atoms with Gasteiger partial charge in [-0.1, -0.05) is 6.07 Å². The number of nitriles is 1. The lowest BCUT2D eigenvalue weighted by molar-refractivity contribution is -0.145. The highest BCUT2D eigenvalue weighted by atomic mass is 19.2. The highest BCUT2D eigenvalue weighted by Gasteiger charge is 2.43. The second-order valence-corrected chi connectivity index (χ2v) is 8.82. The number of halogens is 2. The minimum absolute atomic E-state index is 0.131. The lowest BCUT2D eigenvalue weighted by Crippen LogP contribution is -2.56. The molecule has 3 atom stereocenters. The largest absolute Gasteiger partial charge is 0.378 e. The van der Waals surface area contributed by atoms with E-state index in [0.29, 0.717) is 37.2 Å². The van der Waals surface area contributed by atoms with Gasteiger partial charge in [0.05, 0.1) is 12.2 Å². The van der Waals surface area contributed by atoms with Crippen LogP contribution in [0.25, 0.3) is 0 Å². The average Bonchev–Trinajstić information content (AvgIpc) is 3.42. The Morgan fingerprint density at radius 1 is 1.21 bits per heavy atom. The van der Waals surface area contributed by atoms with Gasteiger partial charge in [-0.05, 0) is 42.7 Å². The summed E-state index contributed by atoms with van der Waals surface area (Å²) in [6, 6.07) is 9.69. The first kappa shape index (κ1) is 21.7. The van der Waals surface area contributed by atoms with Gasteiger partial charge in [-0.25, -0.2) is 13.8 Å². The molecule has 7 nitrogen and oxygen atoms in total. The molecular weight excluding hydrogens is 430 g/mol. The van der Waals surface area contributed by atoms with Crippen molar-refractivity contribution in [2.45, 2.75) is 36.9 Å². The van der Waals surface area contributed by atoms with E-state index in [1.807, 2.05) is 11.0 Å². The van der Waals surface area contributed by atoms with Crippen molar-refractivity contribution in [3.63, 3.8) is 0 Å². The molecule has 2 aromatic rings. The number of benzene rings is 1. The molecule has 0 aliphatic carbocycles. The molecule has 3 fully saturated rings. The number of likely N-dealkylation sites (tertiary alicyclic amines) is 1. The van der Waals surface area contributed by atoms with E-state index in [-0.39, 0.29) is 31.2 Å². The molecule has 2 bridgehead atoms.